The summed E-state index contributed by atoms with van der Waals surface area (Å²) in [6.45, 7) is 3.87. The summed E-state index contributed by atoms with van der Waals surface area (Å²) in [5.74, 6) is 0.467. The highest BCUT2D eigenvalue weighted by Crippen LogP contribution is 2.32. The van der Waals surface area contributed by atoms with Crippen molar-refractivity contribution < 1.29 is 14.6 Å². The molecule has 0 fully saturated rings. The van der Waals surface area contributed by atoms with Crippen LogP contribution in [-0.2, 0) is 0 Å². The fraction of sp³-hybridized carbons (Fsp3) is 0.417. The van der Waals surface area contributed by atoms with Gasteiger partial charge in [0.25, 0.3) is 0 Å². The molecule has 0 radical (unpaired) electrons. The number of hydrogen-bond donors (Lipinski definition) is 2. The molecule has 0 aliphatic rings. The molecule has 0 saturated heterocycles. The van der Waals surface area contributed by atoms with E-state index in [1.165, 1.54) is 7.11 Å². The number of carbonyl (C=O) groups excluding carboxylic acids is 1. The van der Waals surface area contributed by atoms with Gasteiger partial charge in [-0.3, -0.25) is 4.79 Å². The number of ketones is 1. The van der Waals surface area contributed by atoms with Gasteiger partial charge < -0.3 is 15.6 Å². The molecule has 0 amide bonds. The molecule has 0 saturated carbocycles. The van der Waals surface area contributed by atoms with Gasteiger partial charge in [-0.1, -0.05) is 0 Å². The van der Waals surface area contributed by atoms with Crippen LogP contribution in [0.25, 0.3) is 0 Å². The van der Waals surface area contributed by atoms with Crippen LogP contribution in [0.4, 0.5) is 0 Å². The minimum absolute atomic E-state index is 0.0248. The summed E-state index contributed by atoms with van der Waals surface area (Å²) in [5.41, 5.74) is 7.11. The van der Waals surface area contributed by atoms with Crippen LogP contribution in [0.5, 0.6) is 11.5 Å². The van der Waals surface area contributed by atoms with Gasteiger partial charge in [-0.2, -0.15) is 0 Å². The van der Waals surface area contributed by atoms with E-state index in [0.29, 0.717) is 11.3 Å². The lowest BCUT2D eigenvalue weighted by atomic mass is 9.99. The standard InChI is InChI=1S/C12H17NO3/c1-7-8(2)12(15)9(6-11(7)16-3)10(14)4-5-13/h6,15H,4-5,13H2,1-3H3. The normalized spacial score (nSPS) is 10.2. The molecule has 4 heteroatoms. The minimum atomic E-state index is -0.165. The number of benzene rings is 1. The van der Waals surface area contributed by atoms with Crippen molar-refractivity contribution in [3.63, 3.8) is 0 Å². The number of ether oxygens (including phenoxy) is 1. The second-order valence-corrected chi connectivity index (χ2v) is 3.69. The molecule has 3 N–H and O–H groups in total. The van der Waals surface area contributed by atoms with Crippen LogP contribution < -0.4 is 10.5 Å². The summed E-state index contributed by atoms with van der Waals surface area (Å²) in [4.78, 5) is 11.7. The highest BCUT2D eigenvalue weighted by Gasteiger charge is 2.17. The van der Waals surface area contributed by atoms with E-state index in [0.717, 1.165) is 5.56 Å². The molecule has 0 atom stereocenters. The van der Waals surface area contributed by atoms with Crippen molar-refractivity contribution in [3.05, 3.63) is 22.8 Å². The molecular formula is C12H17NO3. The number of nitrogens with two attached hydrogens (primary N) is 1. The summed E-state index contributed by atoms with van der Waals surface area (Å²) in [6.07, 6.45) is 0.221. The van der Waals surface area contributed by atoms with E-state index in [2.05, 4.69) is 0 Å². The predicted molar refractivity (Wildman–Crippen MR) is 62.1 cm³/mol. The first kappa shape index (κ1) is 12.5. The zero-order valence-corrected chi connectivity index (χ0v) is 9.83. The molecule has 1 rings (SSSR count). The molecule has 0 aromatic heterocycles. The largest absolute Gasteiger partial charge is 0.507 e. The predicted octanol–water partition coefficient (Wildman–Crippen LogP) is 1.55. The molecule has 0 bridgehead atoms. The Kier molecular flexibility index (Phi) is 3.90. The van der Waals surface area contributed by atoms with Gasteiger partial charge in [0, 0.05) is 6.42 Å². The van der Waals surface area contributed by atoms with Crippen molar-refractivity contribution in [1.82, 2.24) is 0 Å². The van der Waals surface area contributed by atoms with Gasteiger partial charge in [0.05, 0.1) is 12.7 Å². The number of phenols is 1. The van der Waals surface area contributed by atoms with Crippen molar-refractivity contribution in [1.29, 1.82) is 0 Å². The van der Waals surface area contributed by atoms with Gasteiger partial charge >= 0.3 is 0 Å². The summed E-state index contributed by atoms with van der Waals surface area (Å²) >= 11 is 0. The topological polar surface area (TPSA) is 72.5 Å². The molecule has 0 spiro atoms. The Labute approximate surface area is 95.0 Å². The van der Waals surface area contributed by atoms with Gasteiger partial charge in [0.15, 0.2) is 5.78 Å². The second kappa shape index (κ2) is 4.99. The zero-order chi connectivity index (χ0) is 12.3. The lowest BCUT2D eigenvalue weighted by Crippen LogP contribution is -2.09. The van der Waals surface area contributed by atoms with Crippen molar-refractivity contribution in [3.8, 4) is 11.5 Å². The molecule has 88 valence electrons. The van der Waals surface area contributed by atoms with Crippen LogP contribution in [0.15, 0.2) is 6.07 Å². The second-order valence-electron chi connectivity index (χ2n) is 3.69. The van der Waals surface area contributed by atoms with E-state index in [9.17, 15) is 9.90 Å². The number of methoxy groups -OCH3 is 1. The molecule has 0 unspecified atom stereocenters. The summed E-state index contributed by atoms with van der Waals surface area (Å²) in [5, 5.41) is 9.88. The maximum Gasteiger partial charge on any atom is 0.167 e. The maximum absolute atomic E-state index is 11.7. The van der Waals surface area contributed by atoms with Gasteiger partial charge in [-0.05, 0) is 37.6 Å². The van der Waals surface area contributed by atoms with E-state index in [1.54, 1.807) is 13.0 Å². The highest BCUT2D eigenvalue weighted by molar-refractivity contribution is 5.99. The van der Waals surface area contributed by atoms with Crippen molar-refractivity contribution in [2.24, 2.45) is 5.73 Å². The molecule has 0 aliphatic heterocycles. The monoisotopic (exact) mass is 223 g/mol. The molecule has 0 heterocycles. The number of aromatic hydroxyl groups is 1. The number of hydrogen-bond acceptors (Lipinski definition) is 4. The number of phenolic OH excluding ortho intramolecular Hbond substituents is 1. The van der Waals surface area contributed by atoms with Gasteiger partial charge in [-0.15, -0.1) is 0 Å². The van der Waals surface area contributed by atoms with E-state index >= 15 is 0 Å². The first-order valence-corrected chi connectivity index (χ1v) is 5.13. The third-order valence-corrected chi connectivity index (χ3v) is 2.71. The first-order valence-electron chi connectivity index (χ1n) is 5.13. The molecule has 4 nitrogen and oxygen atoms in total. The van der Waals surface area contributed by atoms with Crippen molar-refractivity contribution >= 4 is 5.78 Å². The van der Waals surface area contributed by atoms with Gasteiger partial charge in [0.1, 0.15) is 11.5 Å². The maximum atomic E-state index is 11.7. The van der Waals surface area contributed by atoms with Crippen molar-refractivity contribution in [2.75, 3.05) is 13.7 Å². The first-order chi connectivity index (χ1) is 7.52. The van der Waals surface area contributed by atoms with E-state index in [4.69, 9.17) is 10.5 Å². The van der Waals surface area contributed by atoms with Crippen LogP contribution in [-0.4, -0.2) is 24.5 Å². The summed E-state index contributed by atoms with van der Waals surface area (Å²) in [6, 6.07) is 1.57. The molecular weight excluding hydrogens is 206 g/mol. The van der Waals surface area contributed by atoms with Crippen LogP contribution in [0, 0.1) is 13.8 Å². The summed E-state index contributed by atoms with van der Waals surface area (Å²) in [7, 11) is 1.54. The Bertz CT molecular complexity index is 413. The highest BCUT2D eigenvalue weighted by atomic mass is 16.5. The van der Waals surface area contributed by atoms with Crippen LogP contribution in [0.1, 0.15) is 27.9 Å². The number of Topliss-reactive ketones (excluding diaryl/α,β-unsaturated/α-hetero) is 1. The van der Waals surface area contributed by atoms with Crippen LogP contribution in [0.3, 0.4) is 0 Å². The summed E-state index contributed by atoms with van der Waals surface area (Å²) < 4.78 is 5.16. The molecule has 0 aliphatic carbocycles. The Morgan fingerprint density at radius 3 is 2.56 bits per heavy atom. The Morgan fingerprint density at radius 1 is 1.44 bits per heavy atom. The lowest BCUT2D eigenvalue weighted by Gasteiger charge is -2.13. The third kappa shape index (κ3) is 2.17. The third-order valence-electron chi connectivity index (χ3n) is 2.71. The lowest BCUT2D eigenvalue weighted by molar-refractivity contribution is 0.0982. The minimum Gasteiger partial charge on any atom is -0.507 e. The fourth-order valence-corrected chi connectivity index (χ4v) is 1.56. The molecule has 16 heavy (non-hydrogen) atoms. The number of rotatable bonds is 4. The average Bonchev–Trinajstić information content (AvgIpc) is 2.27. The smallest absolute Gasteiger partial charge is 0.167 e. The van der Waals surface area contributed by atoms with E-state index in [1.807, 2.05) is 6.92 Å². The quantitative estimate of drug-likeness (QED) is 0.759. The molecule has 1 aromatic carbocycles. The zero-order valence-electron chi connectivity index (χ0n) is 9.83. The Balaban J connectivity index is 3.29. The SMILES string of the molecule is COc1cc(C(=O)CCN)c(O)c(C)c1C. The van der Waals surface area contributed by atoms with Gasteiger partial charge in [0.2, 0.25) is 0 Å². The van der Waals surface area contributed by atoms with Crippen molar-refractivity contribution in [2.45, 2.75) is 20.3 Å². The van der Waals surface area contributed by atoms with Crippen LogP contribution in [0.2, 0.25) is 0 Å². The number of carbonyl (C=O) groups is 1. The fourth-order valence-electron chi connectivity index (χ4n) is 1.56. The van der Waals surface area contributed by atoms with E-state index in [-0.39, 0.29) is 30.1 Å². The van der Waals surface area contributed by atoms with Gasteiger partial charge in [-0.25, -0.2) is 0 Å². The van der Waals surface area contributed by atoms with E-state index < -0.39 is 0 Å². The molecule has 1 aromatic rings. The Morgan fingerprint density at radius 2 is 2.06 bits per heavy atom. The average molecular weight is 223 g/mol. The van der Waals surface area contributed by atoms with Crippen LogP contribution >= 0.6 is 0 Å². The Hall–Kier alpha value is -1.55.